The number of anilines is 1. The van der Waals surface area contributed by atoms with Gasteiger partial charge < -0.3 is 5.32 Å². The molecule has 2 rings (SSSR count). The van der Waals surface area contributed by atoms with E-state index in [1.165, 1.54) is 30.3 Å². The van der Waals surface area contributed by atoms with Crippen molar-refractivity contribution in [1.29, 1.82) is 0 Å². The average Bonchev–Trinajstić information content (AvgIpc) is 2.63. The number of carbonyl (C=O) groups is 1. The summed E-state index contributed by atoms with van der Waals surface area (Å²) in [7, 11) is -3.96. The minimum Gasteiger partial charge on any atom is -0.355 e. The molecule has 27 heavy (non-hydrogen) atoms. The van der Waals surface area contributed by atoms with E-state index in [0.29, 0.717) is 22.3 Å². The largest absolute Gasteiger partial charge is 0.355 e. The number of benzene rings is 2. The van der Waals surface area contributed by atoms with Gasteiger partial charge in [0, 0.05) is 16.6 Å². The van der Waals surface area contributed by atoms with Crippen LogP contribution >= 0.6 is 23.2 Å². The van der Waals surface area contributed by atoms with Crippen LogP contribution in [0.2, 0.25) is 10.0 Å². The van der Waals surface area contributed by atoms with Gasteiger partial charge in [0.1, 0.15) is 6.54 Å². The van der Waals surface area contributed by atoms with Crippen molar-refractivity contribution in [2.75, 3.05) is 17.4 Å². The lowest BCUT2D eigenvalue weighted by Crippen LogP contribution is -2.41. The molecule has 0 aliphatic carbocycles. The Morgan fingerprint density at radius 3 is 2.37 bits per heavy atom. The summed E-state index contributed by atoms with van der Waals surface area (Å²) in [5.41, 5.74) is 0.321. The fourth-order valence-electron chi connectivity index (χ4n) is 2.47. The van der Waals surface area contributed by atoms with Crippen molar-refractivity contribution in [3.63, 3.8) is 0 Å². The van der Waals surface area contributed by atoms with Gasteiger partial charge in [-0.2, -0.15) is 0 Å². The van der Waals surface area contributed by atoms with Gasteiger partial charge in [-0.1, -0.05) is 49.0 Å². The third-order valence-electron chi connectivity index (χ3n) is 3.89. The lowest BCUT2D eigenvalue weighted by molar-refractivity contribution is -0.119. The van der Waals surface area contributed by atoms with Crippen molar-refractivity contribution < 1.29 is 13.2 Å². The summed E-state index contributed by atoms with van der Waals surface area (Å²) in [5.74, 6) is -0.372. The van der Waals surface area contributed by atoms with Gasteiger partial charge in [0.25, 0.3) is 10.0 Å². The first-order chi connectivity index (χ1) is 12.8. The van der Waals surface area contributed by atoms with E-state index in [1.807, 2.05) is 0 Å². The highest BCUT2D eigenvalue weighted by molar-refractivity contribution is 7.92. The van der Waals surface area contributed by atoms with Gasteiger partial charge in [-0.25, -0.2) is 8.42 Å². The highest BCUT2D eigenvalue weighted by Gasteiger charge is 2.27. The van der Waals surface area contributed by atoms with Crippen molar-refractivity contribution >= 4 is 44.8 Å². The summed E-state index contributed by atoms with van der Waals surface area (Å²) >= 11 is 11.9. The van der Waals surface area contributed by atoms with Crippen LogP contribution in [0.1, 0.15) is 26.2 Å². The lowest BCUT2D eigenvalue weighted by Gasteiger charge is -2.24. The van der Waals surface area contributed by atoms with Crippen LogP contribution in [-0.2, 0) is 14.8 Å². The molecule has 0 atom stereocenters. The third kappa shape index (κ3) is 6.13. The van der Waals surface area contributed by atoms with E-state index in [-0.39, 0.29) is 17.3 Å². The van der Waals surface area contributed by atoms with Crippen LogP contribution in [0.25, 0.3) is 0 Å². The molecule has 146 valence electrons. The van der Waals surface area contributed by atoms with Crippen molar-refractivity contribution in [3.8, 4) is 0 Å². The molecule has 0 heterocycles. The number of hydrogen-bond donors (Lipinski definition) is 1. The quantitative estimate of drug-likeness (QED) is 0.597. The number of sulfonamides is 1. The molecule has 0 unspecified atom stereocenters. The van der Waals surface area contributed by atoms with Crippen LogP contribution in [0.4, 0.5) is 5.69 Å². The Morgan fingerprint density at radius 1 is 1.04 bits per heavy atom. The first-order valence-corrected chi connectivity index (χ1v) is 10.8. The summed E-state index contributed by atoms with van der Waals surface area (Å²) in [6, 6.07) is 12.2. The number of rotatable bonds is 9. The molecule has 0 aromatic heterocycles. The maximum atomic E-state index is 13.1. The first-order valence-electron chi connectivity index (χ1n) is 8.65. The minimum absolute atomic E-state index is 0.0469. The number of amides is 1. The fraction of sp³-hybridized carbons (Fsp3) is 0.316. The smallest absolute Gasteiger partial charge is 0.264 e. The zero-order valence-corrected chi connectivity index (χ0v) is 17.3. The van der Waals surface area contributed by atoms with E-state index in [1.54, 1.807) is 18.2 Å². The van der Waals surface area contributed by atoms with Crippen molar-refractivity contribution in [2.45, 2.75) is 31.1 Å². The number of halogens is 2. The molecule has 0 radical (unpaired) electrons. The molecule has 2 aromatic rings. The molecule has 0 spiro atoms. The second kappa shape index (κ2) is 9.97. The Kier molecular flexibility index (Phi) is 7.95. The number of nitrogens with one attached hydrogen (secondary N) is 1. The van der Waals surface area contributed by atoms with Gasteiger partial charge in [-0.15, -0.1) is 0 Å². The normalized spacial score (nSPS) is 11.2. The zero-order valence-electron chi connectivity index (χ0n) is 15.0. The predicted octanol–water partition coefficient (Wildman–Crippen LogP) is 4.50. The van der Waals surface area contributed by atoms with Crippen molar-refractivity contribution in [3.05, 3.63) is 58.6 Å². The van der Waals surface area contributed by atoms with E-state index < -0.39 is 10.0 Å². The van der Waals surface area contributed by atoms with Crippen LogP contribution in [0.3, 0.4) is 0 Å². The van der Waals surface area contributed by atoms with Gasteiger partial charge >= 0.3 is 0 Å². The van der Waals surface area contributed by atoms with E-state index in [9.17, 15) is 13.2 Å². The molecule has 0 fully saturated rings. The highest BCUT2D eigenvalue weighted by Crippen LogP contribution is 2.26. The minimum atomic E-state index is -3.96. The molecular formula is C19H22Cl2N2O3S. The molecule has 0 bridgehead atoms. The summed E-state index contributed by atoms with van der Waals surface area (Å²) in [6.45, 7) is 2.25. The Hall–Kier alpha value is -1.76. The number of nitrogens with zero attached hydrogens (tertiary/aromatic N) is 1. The maximum absolute atomic E-state index is 13.1. The predicted molar refractivity (Wildman–Crippen MR) is 110 cm³/mol. The van der Waals surface area contributed by atoms with Crippen molar-refractivity contribution in [2.24, 2.45) is 0 Å². The molecular weight excluding hydrogens is 407 g/mol. The van der Waals surface area contributed by atoms with E-state index in [0.717, 1.165) is 23.6 Å². The van der Waals surface area contributed by atoms with Crippen LogP contribution in [0.15, 0.2) is 53.4 Å². The molecule has 1 N–H and O–H groups in total. The Morgan fingerprint density at radius 2 is 1.74 bits per heavy atom. The zero-order chi connectivity index (χ0) is 19.9. The van der Waals surface area contributed by atoms with Crippen LogP contribution in [0, 0.1) is 0 Å². The van der Waals surface area contributed by atoms with Gasteiger partial charge in [-0.3, -0.25) is 9.10 Å². The molecule has 0 saturated carbocycles. The molecule has 2 aromatic carbocycles. The Balaban J connectivity index is 2.29. The summed E-state index contributed by atoms with van der Waals surface area (Å²) < 4.78 is 27.3. The average molecular weight is 429 g/mol. The van der Waals surface area contributed by atoms with E-state index in [2.05, 4.69) is 12.2 Å². The second-order valence-electron chi connectivity index (χ2n) is 6.00. The van der Waals surface area contributed by atoms with Crippen LogP contribution < -0.4 is 9.62 Å². The van der Waals surface area contributed by atoms with Gasteiger partial charge in [0.2, 0.25) is 5.91 Å². The fourth-order valence-corrected chi connectivity index (χ4v) is 4.19. The monoisotopic (exact) mass is 428 g/mol. The summed E-state index contributed by atoms with van der Waals surface area (Å²) in [4.78, 5) is 12.4. The number of hydrogen-bond acceptors (Lipinski definition) is 3. The Labute approximate surface area is 170 Å². The molecule has 0 saturated heterocycles. The standard InChI is InChI=1S/C19H22Cl2N2O3S/c1-2-3-4-12-22-19(24)14-23(17-7-5-6-16(21)13-17)27(25,26)18-10-8-15(20)9-11-18/h5-11,13H,2-4,12,14H2,1H3,(H,22,24). The number of unbranched alkanes of at least 4 members (excludes halogenated alkanes) is 2. The van der Waals surface area contributed by atoms with Crippen LogP contribution in [-0.4, -0.2) is 27.4 Å². The molecule has 8 heteroatoms. The Bertz CT molecular complexity index is 871. The van der Waals surface area contributed by atoms with E-state index >= 15 is 0 Å². The summed E-state index contributed by atoms with van der Waals surface area (Å²) in [5, 5.41) is 3.58. The van der Waals surface area contributed by atoms with Gasteiger partial charge in [0.05, 0.1) is 10.6 Å². The summed E-state index contributed by atoms with van der Waals surface area (Å²) in [6.07, 6.45) is 2.89. The maximum Gasteiger partial charge on any atom is 0.264 e. The molecule has 0 aliphatic heterocycles. The topological polar surface area (TPSA) is 66.5 Å². The van der Waals surface area contributed by atoms with Crippen molar-refractivity contribution in [1.82, 2.24) is 5.32 Å². The van der Waals surface area contributed by atoms with Crippen LogP contribution in [0.5, 0.6) is 0 Å². The lowest BCUT2D eigenvalue weighted by atomic mass is 10.2. The SMILES string of the molecule is CCCCCNC(=O)CN(c1cccc(Cl)c1)S(=O)(=O)c1ccc(Cl)cc1. The van der Waals surface area contributed by atoms with Gasteiger partial charge in [0.15, 0.2) is 0 Å². The molecule has 0 aliphatic rings. The number of carbonyl (C=O) groups excluding carboxylic acids is 1. The molecule has 5 nitrogen and oxygen atoms in total. The van der Waals surface area contributed by atoms with Gasteiger partial charge in [-0.05, 0) is 48.9 Å². The molecule has 1 amide bonds. The first kappa shape index (κ1) is 21.5. The third-order valence-corrected chi connectivity index (χ3v) is 6.16. The van der Waals surface area contributed by atoms with E-state index in [4.69, 9.17) is 23.2 Å². The highest BCUT2D eigenvalue weighted by atomic mass is 35.5. The second-order valence-corrected chi connectivity index (χ2v) is 8.74.